The van der Waals surface area contributed by atoms with Crippen molar-refractivity contribution in [3.8, 4) is 0 Å². The first-order valence-corrected chi connectivity index (χ1v) is 19.9. The van der Waals surface area contributed by atoms with E-state index in [4.69, 9.17) is 0 Å². The molecule has 0 aliphatic heterocycles. The molecule has 53 heavy (non-hydrogen) atoms. The van der Waals surface area contributed by atoms with Crippen LogP contribution >= 0.6 is 11.3 Å². The Balaban J connectivity index is 1.23. The van der Waals surface area contributed by atoms with Gasteiger partial charge in [-0.05, 0) is 126 Å². The first-order valence-electron chi connectivity index (χ1n) is 19.1. The van der Waals surface area contributed by atoms with E-state index in [2.05, 4.69) is 187 Å². The number of benzene rings is 7. The van der Waals surface area contributed by atoms with Crippen molar-refractivity contribution >= 4 is 65.6 Å². The van der Waals surface area contributed by atoms with E-state index in [9.17, 15) is 0 Å². The Bertz CT molecular complexity index is 2560. The summed E-state index contributed by atoms with van der Waals surface area (Å²) < 4.78 is 2.68. The van der Waals surface area contributed by atoms with E-state index in [-0.39, 0.29) is 5.41 Å². The normalized spacial score (nSPS) is 16.1. The van der Waals surface area contributed by atoms with Gasteiger partial charge in [-0.3, -0.25) is 0 Å². The average Bonchev–Trinajstić information content (AvgIpc) is 3.90. The summed E-state index contributed by atoms with van der Waals surface area (Å²) in [6.45, 7) is 4.70. The second kappa shape index (κ2) is 12.8. The fourth-order valence-corrected chi connectivity index (χ4v) is 10.6. The number of rotatable bonds is 7. The molecule has 2 nitrogen and oxygen atoms in total. The minimum absolute atomic E-state index is 0.119. The fourth-order valence-electron chi connectivity index (χ4n) is 9.51. The molecule has 1 atom stereocenters. The Morgan fingerprint density at radius 3 is 1.55 bits per heavy atom. The monoisotopic (exact) mass is 702 g/mol. The molecule has 0 fully saturated rings. The lowest BCUT2D eigenvalue weighted by molar-refractivity contribution is 0.508. The summed E-state index contributed by atoms with van der Waals surface area (Å²) >= 11 is 1.91. The van der Waals surface area contributed by atoms with Crippen molar-refractivity contribution in [1.82, 2.24) is 0 Å². The minimum Gasteiger partial charge on any atom is -0.310 e. The highest BCUT2D eigenvalue weighted by atomic mass is 32.1. The molecule has 0 unspecified atom stereocenters. The average molecular weight is 703 g/mol. The van der Waals surface area contributed by atoms with Crippen molar-refractivity contribution in [3.63, 3.8) is 0 Å². The summed E-state index contributed by atoms with van der Waals surface area (Å²) in [6, 6.07) is 61.0. The van der Waals surface area contributed by atoms with Gasteiger partial charge >= 0.3 is 0 Å². The molecule has 1 spiro atoms. The predicted octanol–water partition coefficient (Wildman–Crippen LogP) is 14.3. The third kappa shape index (κ3) is 5.13. The van der Waals surface area contributed by atoms with Crippen LogP contribution in [0.2, 0.25) is 0 Å². The molecule has 0 N–H and O–H groups in total. The lowest BCUT2D eigenvalue weighted by Crippen LogP contribution is -2.27. The van der Waals surface area contributed by atoms with Gasteiger partial charge in [0.05, 0.1) is 17.1 Å². The molecule has 0 saturated carbocycles. The number of anilines is 6. The maximum absolute atomic E-state index is 2.61. The summed E-state index contributed by atoms with van der Waals surface area (Å²) in [5.74, 6) is 0.342. The van der Waals surface area contributed by atoms with Crippen LogP contribution in [0.3, 0.4) is 0 Å². The molecule has 0 saturated heterocycles. The van der Waals surface area contributed by atoms with Crippen LogP contribution in [0.5, 0.6) is 0 Å². The van der Waals surface area contributed by atoms with Gasteiger partial charge in [0.25, 0.3) is 0 Å². The number of thiophene rings is 1. The largest absolute Gasteiger partial charge is 0.310 e. The summed E-state index contributed by atoms with van der Waals surface area (Å²) in [5.41, 5.74) is 14.7. The molecule has 0 radical (unpaired) electrons. The van der Waals surface area contributed by atoms with Crippen LogP contribution in [0.15, 0.2) is 164 Å². The second-order valence-electron chi connectivity index (χ2n) is 15.0. The lowest BCUT2D eigenvalue weighted by Gasteiger charge is -2.37. The Hall–Kier alpha value is -5.64. The van der Waals surface area contributed by atoms with Gasteiger partial charge < -0.3 is 9.80 Å². The van der Waals surface area contributed by atoms with Gasteiger partial charge in [0.1, 0.15) is 0 Å². The van der Waals surface area contributed by atoms with Crippen molar-refractivity contribution in [2.24, 2.45) is 0 Å². The molecule has 1 aromatic heterocycles. The van der Waals surface area contributed by atoms with E-state index in [1.165, 1.54) is 82.1 Å². The molecular weight excluding hydrogens is 661 g/mol. The van der Waals surface area contributed by atoms with Gasteiger partial charge in [0.2, 0.25) is 0 Å². The van der Waals surface area contributed by atoms with Crippen molar-refractivity contribution in [2.75, 3.05) is 9.80 Å². The summed E-state index contributed by atoms with van der Waals surface area (Å²) in [4.78, 5) is 5.10. The molecular formula is C50H42N2S. The molecule has 1 heterocycles. The van der Waals surface area contributed by atoms with Gasteiger partial charge in [0, 0.05) is 42.6 Å². The zero-order valence-electron chi connectivity index (χ0n) is 30.3. The van der Waals surface area contributed by atoms with Crippen LogP contribution in [-0.4, -0.2) is 0 Å². The molecule has 258 valence electrons. The number of fused-ring (bicyclic) bond motifs is 7. The Labute approximate surface area is 316 Å². The molecule has 0 bridgehead atoms. The number of hydrogen-bond donors (Lipinski definition) is 0. The van der Waals surface area contributed by atoms with E-state index < -0.39 is 0 Å². The molecule has 8 aromatic rings. The van der Waals surface area contributed by atoms with Crippen LogP contribution in [-0.2, 0) is 18.3 Å². The zero-order valence-corrected chi connectivity index (χ0v) is 31.1. The number of aryl methyl sites for hydroxylation is 2. The predicted molar refractivity (Wildman–Crippen MR) is 227 cm³/mol. The van der Waals surface area contributed by atoms with Gasteiger partial charge in [-0.2, -0.15) is 0 Å². The van der Waals surface area contributed by atoms with E-state index >= 15 is 0 Å². The smallest absolute Gasteiger partial charge is 0.0510 e. The first-order chi connectivity index (χ1) is 26.1. The quantitative estimate of drug-likeness (QED) is 0.163. The maximum Gasteiger partial charge on any atom is 0.0510 e. The summed E-state index contributed by atoms with van der Waals surface area (Å²) in [5, 5.41) is 2.71. The Morgan fingerprint density at radius 2 is 0.981 bits per heavy atom. The molecule has 2 aliphatic rings. The number of para-hydroxylation sites is 3. The van der Waals surface area contributed by atoms with Crippen molar-refractivity contribution < 1.29 is 0 Å². The van der Waals surface area contributed by atoms with Crippen molar-refractivity contribution in [1.29, 1.82) is 0 Å². The van der Waals surface area contributed by atoms with Gasteiger partial charge in [-0.1, -0.05) is 111 Å². The van der Waals surface area contributed by atoms with Gasteiger partial charge in [-0.15, -0.1) is 11.3 Å². The standard InChI is InChI=1S/C50H42N2S/c1-34(2)41-32-42-40-24-12-13-27-46(40)53-47(42)33-45(41)52(39-22-10-5-11-23-39)44-26-15-17-36-29-31-50(49(36)44)30-28-35-16-14-25-43(48(35)50)51(37-18-6-3-7-19-37)38-20-8-4-9-21-38/h3-27,32-34H,28-31H2,1-2H3/t50-/m1/s1. The van der Waals surface area contributed by atoms with E-state index in [0.717, 1.165) is 25.7 Å². The second-order valence-corrected chi connectivity index (χ2v) is 16.1. The molecule has 2 aliphatic carbocycles. The van der Waals surface area contributed by atoms with Crippen LogP contribution in [0.25, 0.3) is 20.2 Å². The van der Waals surface area contributed by atoms with Crippen molar-refractivity contribution in [3.05, 3.63) is 192 Å². The van der Waals surface area contributed by atoms with Crippen LogP contribution in [0.4, 0.5) is 34.1 Å². The SMILES string of the molecule is CC(C)c1cc2c(cc1N(c1ccccc1)c1cccc3c1[C@]1(CCc4cccc(N(c5ccccc5)c5ccccc5)c41)CC3)sc1ccccc12. The Kier molecular flexibility index (Phi) is 7.73. The van der Waals surface area contributed by atoms with E-state index in [1.54, 1.807) is 0 Å². The van der Waals surface area contributed by atoms with Crippen LogP contribution in [0.1, 0.15) is 60.4 Å². The van der Waals surface area contributed by atoms with E-state index in [1.807, 2.05) is 11.3 Å². The highest BCUT2D eigenvalue weighted by Crippen LogP contribution is 2.60. The van der Waals surface area contributed by atoms with Crippen molar-refractivity contribution in [2.45, 2.75) is 50.9 Å². The molecule has 3 heteroatoms. The van der Waals surface area contributed by atoms with Crippen LogP contribution < -0.4 is 9.80 Å². The topological polar surface area (TPSA) is 6.48 Å². The lowest BCUT2D eigenvalue weighted by atomic mass is 9.74. The van der Waals surface area contributed by atoms with E-state index in [0.29, 0.717) is 5.92 Å². The number of hydrogen-bond acceptors (Lipinski definition) is 3. The Morgan fingerprint density at radius 1 is 0.472 bits per heavy atom. The number of nitrogens with zero attached hydrogens (tertiary/aromatic N) is 2. The van der Waals surface area contributed by atoms with Gasteiger partial charge in [0.15, 0.2) is 0 Å². The molecule has 10 rings (SSSR count). The third-order valence-electron chi connectivity index (χ3n) is 11.8. The van der Waals surface area contributed by atoms with Crippen LogP contribution in [0, 0.1) is 0 Å². The third-order valence-corrected chi connectivity index (χ3v) is 12.9. The highest BCUT2D eigenvalue weighted by molar-refractivity contribution is 7.25. The summed E-state index contributed by atoms with van der Waals surface area (Å²) in [6.07, 6.45) is 4.36. The molecule has 0 amide bonds. The highest BCUT2D eigenvalue weighted by Gasteiger charge is 2.49. The summed E-state index contributed by atoms with van der Waals surface area (Å²) in [7, 11) is 0. The van der Waals surface area contributed by atoms with Gasteiger partial charge in [-0.25, -0.2) is 0 Å². The minimum atomic E-state index is -0.119. The fraction of sp³-hybridized carbons (Fsp3) is 0.160. The molecule has 7 aromatic carbocycles. The zero-order chi connectivity index (χ0) is 35.5. The maximum atomic E-state index is 2.61. The first kappa shape index (κ1) is 32.0.